The van der Waals surface area contributed by atoms with E-state index < -0.39 is 6.09 Å². The molecule has 1 aliphatic rings. The molecule has 2 rings (SSSR count). The zero-order valence-corrected chi connectivity index (χ0v) is 12.8. The van der Waals surface area contributed by atoms with Crippen molar-refractivity contribution in [3.8, 4) is 0 Å². The number of rotatable bonds is 4. The molecule has 0 unspecified atom stereocenters. The van der Waals surface area contributed by atoms with Crippen LogP contribution in [0.5, 0.6) is 0 Å². The Labute approximate surface area is 131 Å². The number of likely N-dealkylation sites (tertiary alicyclic amines) is 1. The van der Waals surface area contributed by atoms with Gasteiger partial charge in [-0.3, -0.25) is 0 Å². The number of carbonyl (C=O) groups is 1. The lowest BCUT2D eigenvalue weighted by Crippen LogP contribution is -2.43. The SMILES string of the molecule is NCCC1CCN(C(N)=NC(=O)OCc2ccccc2)CC1. The van der Waals surface area contributed by atoms with Crippen LogP contribution in [0.3, 0.4) is 0 Å². The third kappa shape index (κ3) is 5.04. The molecule has 1 amide bonds. The van der Waals surface area contributed by atoms with E-state index in [0.717, 1.165) is 44.5 Å². The van der Waals surface area contributed by atoms with Crippen molar-refractivity contribution in [2.75, 3.05) is 19.6 Å². The number of piperidine rings is 1. The molecule has 6 nitrogen and oxygen atoms in total. The second kappa shape index (κ2) is 8.38. The van der Waals surface area contributed by atoms with E-state index in [0.29, 0.717) is 5.92 Å². The Morgan fingerprint density at radius 1 is 1.27 bits per heavy atom. The van der Waals surface area contributed by atoms with E-state index in [1.807, 2.05) is 35.2 Å². The minimum absolute atomic E-state index is 0.203. The van der Waals surface area contributed by atoms with E-state index in [1.165, 1.54) is 0 Å². The van der Waals surface area contributed by atoms with E-state index in [9.17, 15) is 4.79 Å². The quantitative estimate of drug-likeness (QED) is 0.652. The number of nitrogens with two attached hydrogens (primary N) is 2. The molecule has 0 atom stereocenters. The van der Waals surface area contributed by atoms with Crippen molar-refractivity contribution in [1.82, 2.24) is 4.90 Å². The van der Waals surface area contributed by atoms with Gasteiger partial charge < -0.3 is 21.1 Å². The van der Waals surface area contributed by atoms with Gasteiger partial charge in [0.05, 0.1) is 0 Å². The summed E-state index contributed by atoms with van der Waals surface area (Å²) in [5, 5.41) is 0. The average Bonchev–Trinajstić information content (AvgIpc) is 2.55. The Morgan fingerprint density at radius 3 is 2.59 bits per heavy atom. The highest BCUT2D eigenvalue weighted by molar-refractivity contribution is 5.89. The molecule has 0 aromatic heterocycles. The monoisotopic (exact) mass is 304 g/mol. The third-order valence-electron chi connectivity index (χ3n) is 3.92. The molecule has 22 heavy (non-hydrogen) atoms. The van der Waals surface area contributed by atoms with Gasteiger partial charge in [0.2, 0.25) is 5.96 Å². The van der Waals surface area contributed by atoms with Gasteiger partial charge in [-0.1, -0.05) is 30.3 Å². The predicted molar refractivity (Wildman–Crippen MR) is 86.2 cm³/mol. The maximum Gasteiger partial charge on any atom is 0.437 e. The van der Waals surface area contributed by atoms with Crippen molar-refractivity contribution < 1.29 is 9.53 Å². The van der Waals surface area contributed by atoms with Gasteiger partial charge in [0.1, 0.15) is 6.61 Å². The lowest BCUT2D eigenvalue weighted by atomic mass is 9.94. The maximum atomic E-state index is 11.7. The van der Waals surface area contributed by atoms with Gasteiger partial charge in [-0.05, 0) is 37.3 Å². The number of guanidine groups is 1. The fraction of sp³-hybridized carbons (Fsp3) is 0.500. The van der Waals surface area contributed by atoms with Crippen LogP contribution in [0.4, 0.5) is 4.79 Å². The second-order valence-electron chi connectivity index (χ2n) is 5.52. The summed E-state index contributed by atoms with van der Waals surface area (Å²) in [7, 11) is 0. The highest BCUT2D eigenvalue weighted by atomic mass is 16.5. The standard InChI is InChI=1S/C16H24N4O2/c17-9-6-13-7-10-20(11-8-13)15(18)19-16(21)22-12-14-4-2-1-3-5-14/h1-5,13H,6-12,17H2,(H2,18,19,21). The Kier molecular flexibility index (Phi) is 6.21. The second-order valence-corrected chi connectivity index (χ2v) is 5.52. The summed E-state index contributed by atoms with van der Waals surface area (Å²) in [4.78, 5) is 17.5. The highest BCUT2D eigenvalue weighted by Gasteiger charge is 2.20. The number of carbonyl (C=O) groups excluding carboxylic acids is 1. The van der Waals surface area contributed by atoms with Crippen molar-refractivity contribution in [3.05, 3.63) is 35.9 Å². The molecule has 1 aromatic rings. The molecule has 4 N–H and O–H groups in total. The first-order chi connectivity index (χ1) is 10.7. The number of hydrogen-bond donors (Lipinski definition) is 2. The first-order valence-electron chi connectivity index (χ1n) is 7.69. The smallest absolute Gasteiger partial charge is 0.437 e. The van der Waals surface area contributed by atoms with E-state index in [-0.39, 0.29) is 12.6 Å². The maximum absolute atomic E-state index is 11.7. The van der Waals surface area contributed by atoms with Gasteiger partial charge in [-0.15, -0.1) is 4.99 Å². The molecule has 120 valence electrons. The normalized spacial score (nSPS) is 16.6. The minimum atomic E-state index is -0.648. The fourth-order valence-electron chi connectivity index (χ4n) is 2.60. The van der Waals surface area contributed by atoms with Crippen LogP contribution in [0.15, 0.2) is 35.3 Å². The molecular weight excluding hydrogens is 280 g/mol. The summed E-state index contributed by atoms with van der Waals surface area (Å²) in [6.07, 6.45) is 2.47. The number of benzene rings is 1. The fourth-order valence-corrected chi connectivity index (χ4v) is 2.60. The Bertz CT molecular complexity index is 496. The molecule has 0 aliphatic carbocycles. The zero-order chi connectivity index (χ0) is 15.8. The van der Waals surface area contributed by atoms with Crippen LogP contribution >= 0.6 is 0 Å². The molecule has 0 saturated carbocycles. The Hall–Kier alpha value is -2.08. The van der Waals surface area contributed by atoms with Gasteiger partial charge in [0.15, 0.2) is 0 Å². The van der Waals surface area contributed by atoms with Gasteiger partial charge in [0.25, 0.3) is 0 Å². The topological polar surface area (TPSA) is 93.9 Å². The number of nitrogens with zero attached hydrogens (tertiary/aromatic N) is 2. The van der Waals surface area contributed by atoms with Gasteiger partial charge in [-0.2, -0.15) is 0 Å². The molecule has 0 radical (unpaired) electrons. The zero-order valence-electron chi connectivity index (χ0n) is 12.8. The molecule has 1 fully saturated rings. The summed E-state index contributed by atoms with van der Waals surface area (Å²) >= 11 is 0. The van der Waals surface area contributed by atoms with Crippen molar-refractivity contribution >= 4 is 12.1 Å². The summed E-state index contributed by atoms with van der Waals surface area (Å²) in [5.74, 6) is 0.892. The minimum Gasteiger partial charge on any atom is -0.443 e. The van der Waals surface area contributed by atoms with Crippen LogP contribution in [0.2, 0.25) is 0 Å². The summed E-state index contributed by atoms with van der Waals surface area (Å²) < 4.78 is 5.10. The molecule has 1 aliphatic heterocycles. The first-order valence-corrected chi connectivity index (χ1v) is 7.69. The average molecular weight is 304 g/mol. The lowest BCUT2D eigenvalue weighted by Gasteiger charge is -2.32. The van der Waals surface area contributed by atoms with E-state index in [2.05, 4.69) is 4.99 Å². The number of hydrogen-bond acceptors (Lipinski definition) is 3. The Balaban J connectivity index is 1.78. The summed E-state index contributed by atoms with van der Waals surface area (Å²) in [6.45, 7) is 2.55. The van der Waals surface area contributed by atoms with Crippen molar-refractivity contribution in [2.45, 2.75) is 25.9 Å². The summed E-state index contributed by atoms with van der Waals surface area (Å²) in [5.41, 5.74) is 12.4. The van der Waals surface area contributed by atoms with E-state index in [4.69, 9.17) is 16.2 Å². The molecule has 0 spiro atoms. The van der Waals surface area contributed by atoms with Crippen LogP contribution in [0.1, 0.15) is 24.8 Å². The molecule has 1 aromatic carbocycles. The van der Waals surface area contributed by atoms with Crippen LogP contribution in [0, 0.1) is 5.92 Å². The van der Waals surface area contributed by atoms with Crippen molar-refractivity contribution in [2.24, 2.45) is 22.4 Å². The van der Waals surface area contributed by atoms with Crippen LogP contribution in [-0.4, -0.2) is 36.6 Å². The van der Waals surface area contributed by atoms with Crippen LogP contribution < -0.4 is 11.5 Å². The van der Waals surface area contributed by atoms with Crippen molar-refractivity contribution in [3.63, 3.8) is 0 Å². The van der Waals surface area contributed by atoms with E-state index >= 15 is 0 Å². The van der Waals surface area contributed by atoms with Gasteiger partial charge >= 0.3 is 6.09 Å². The molecule has 6 heteroatoms. The molecule has 0 bridgehead atoms. The van der Waals surface area contributed by atoms with Gasteiger partial charge in [0, 0.05) is 13.1 Å². The predicted octanol–water partition coefficient (Wildman–Crippen LogP) is 1.70. The molecular formula is C16H24N4O2. The number of amides is 1. The lowest BCUT2D eigenvalue weighted by molar-refractivity contribution is 0.150. The van der Waals surface area contributed by atoms with Gasteiger partial charge in [-0.25, -0.2) is 4.79 Å². The van der Waals surface area contributed by atoms with Crippen LogP contribution in [0.25, 0.3) is 0 Å². The largest absolute Gasteiger partial charge is 0.443 e. The van der Waals surface area contributed by atoms with E-state index in [1.54, 1.807) is 0 Å². The Morgan fingerprint density at radius 2 is 1.95 bits per heavy atom. The van der Waals surface area contributed by atoms with Crippen LogP contribution in [-0.2, 0) is 11.3 Å². The number of aliphatic imine (C=N–C) groups is 1. The number of ether oxygens (including phenoxy) is 1. The van der Waals surface area contributed by atoms with Crippen molar-refractivity contribution in [1.29, 1.82) is 0 Å². The first kappa shape index (κ1) is 16.3. The third-order valence-corrected chi connectivity index (χ3v) is 3.92. The summed E-state index contributed by atoms with van der Waals surface area (Å²) in [6, 6.07) is 9.49. The molecule has 1 saturated heterocycles. The molecule has 1 heterocycles. The highest BCUT2D eigenvalue weighted by Crippen LogP contribution is 2.19.